The minimum absolute atomic E-state index is 0.188. The Balaban J connectivity index is 2.57. The van der Waals surface area contributed by atoms with Crippen LogP contribution >= 0.6 is 0 Å². The molecule has 0 unspecified atom stereocenters. The minimum atomic E-state index is -0.488. The number of benzene rings is 1. The van der Waals surface area contributed by atoms with Crippen LogP contribution in [0, 0.1) is 6.92 Å². The van der Waals surface area contributed by atoms with E-state index in [2.05, 4.69) is 0 Å². The highest BCUT2D eigenvalue weighted by Crippen LogP contribution is 2.21. The maximum Gasteiger partial charge on any atom is 0.414 e. The van der Waals surface area contributed by atoms with Gasteiger partial charge < -0.3 is 4.74 Å². The monoisotopic (exact) mass is 331 g/mol. The Labute approximate surface area is 142 Å². The Morgan fingerprint density at radius 1 is 1.25 bits per heavy atom. The van der Waals surface area contributed by atoms with Crippen LogP contribution in [0.15, 0.2) is 35.1 Å². The molecule has 1 heterocycles. The van der Waals surface area contributed by atoms with Gasteiger partial charge in [-0.2, -0.15) is 0 Å². The number of amides is 1. The van der Waals surface area contributed by atoms with Gasteiger partial charge >= 0.3 is 6.09 Å². The largest absolute Gasteiger partial charge is 0.449 e. The smallest absolute Gasteiger partial charge is 0.414 e. The van der Waals surface area contributed by atoms with Crippen LogP contribution in [-0.2, 0) is 11.8 Å². The molecule has 1 amide bonds. The normalized spacial score (nSPS) is 10.9. The number of para-hydroxylation sites is 1. The molecule has 1 aromatic heterocycles. The maximum absolute atomic E-state index is 13.0. The molecule has 2 aromatic rings. The second kappa shape index (κ2) is 7.38. The molecular weight excluding hydrogens is 306 g/mol. The van der Waals surface area contributed by atoms with E-state index in [0.717, 1.165) is 12.1 Å². The molecule has 0 atom stereocenters. The number of ether oxygens (including phenoxy) is 1. The number of nitrogens with zero attached hydrogens (tertiary/aromatic N) is 3. The van der Waals surface area contributed by atoms with E-state index < -0.39 is 6.09 Å². The van der Waals surface area contributed by atoms with Crippen LogP contribution < -0.4 is 10.5 Å². The van der Waals surface area contributed by atoms with Crippen LogP contribution in [0.3, 0.4) is 0 Å². The number of anilines is 1. The summed E-state index contributed by atoms with van der Waals surface area (Å²) < 4.78 is 8.59. The van der Waals surface area contributed by atoms with E-state index in [9.17, 15) is 9.59 Å². The molecule has 0 N–H and O–H groups in total. The Morgan fingerprint density at radius 2 is 1.88 bits per heavy atom. The number of rotatable bonds is 5. The summed E-state index contributed by atoms with van der Waals surface area (Å²) in [5.41, 5.74) is 1.59. The molecule has 24 heavy (non-hydrogen) atoms. The third-order valence-corrected chi connectivity index (χ3v) is 3.91. The summed E-state index contributed by atoms with van der Waals surface area (Å²) in [6.07, 6.45) is 0.248. The highest BCUT2D eigenvalue weighted by atomic mass is 16.6. The number of hydrogen-bond donors (Lipinski definition) is 0. The van der Waals surface area contributed by atoms with Crippen molar-refractivity contribution in [1.82, 2.24) is 9.36 Å². The number of hydrogen-bond acceptors (Lipinski definition) is 3. The molecule has 0 radical (unpaired) electrons. The fraction of sp³-hybridized carbons (Fsp3) is 0.444. The van der Waals surface area contributed by atoms with E-state index in [-0.39, 0.29) is 11.6 Å². The van der Waals surface area contributed by atoms with Crippen molar-refractivity contribution >= 4 is 11.8 Å². The van der Waals surface area contributed by atoms with E-state index in [1.165, 1.54) is 4.90 Å². The van der Waals surface area contributed by atoms with Crippen LogP contribution in [0.5, 0.6) is 0 Å². The highest BCUT2D eigenvalue weighted by molar-refractivity contribution is 5.88. The van der Waals surface area contributed by atoms with E-state index in [1.54, 1.807) is 9.36 Å². The second-order valence-corrected chi connectivity index (χ2v) is 5.99. The molecular formula is C18H25N3O3. The van der Waals surface area contributed by atoms with Gasteiger partial charge in [-0.15, -0.1) is 0 Å². The van der Waals surface area contributed by atoms with Gasteiger partial charge in [0.1, 0.15) is 5.69 Å². The Morgan fingerprint density at radius 3 is 2.42 bits per heavy atom. The lowest BCUT2D eigenvalue weighted by molar-refractivity contribution is 0.152. The predicted molar refractivity (Wildman–Crippen MR) is 95.0 cm³/mol. The maximum atomic E-state index is 13.0. The third kappa shape index (κ3) is 3.22. The summed E-state index contributed by atoms with van der Waals surface area (Å²) in [4.78, 5) is 26.9. The molecule has 0 saturated heterocycles. The SMILES string of the molecule is CCCOC(=O)N(c1c(C)n(C)n(-c2ccccc2)c1=O)C(C)C. The fourth-order valence-corrected chi connectivity index (χ4v) is 2.65. The van der Waals surface area contributed by atoms with E-state index in [1.807, 2.05) is 65.1 Å². The second-order valence-electron chi connectivity index (χ2n) is 5.99. The van der Waals surface area contributed by atoms with Crippen molar-refractivity contribution in [2.75, 3.05) is 11.5 Å². The number of carbonyl (C=O) groups excluding carboxylic acids is 1. The van der Waals surface area contributed by atoms with Crippen molar-refractivity contribution < 1.29 is 9.53 Å². The minimum Gasteiger partial charge on any atom is -0.449 e. The average molecular weight is 331 g/mol. The average Bonchev–Trinajstić information content (AvgIpc) is 2.77. The quantitative estimate of drug-likeness (QED) is 0.845. The first-order valence-corrected chi connectivity index (χ1v) is 8.20. The van der Waals surface area contributed by atoms with Crippen LogP contribution in [0.2, 0.25) is 0 Å². The van der Waals surface area contributed by atoms with E-state index in [4.69, 9.17) is 4.74 Å². The molecule has 0 spiro atoms. The highest BCUT2D eigenvalue weighted by Gasteiger charge is 2.29. The summed E-state index contributed by atoms with van der Waals surface area (Å²) in [5, 5.41) is 0. The molecule has 0 aliphatic heterocycles. The van der Waals surface area contributed by atoms with Gasteiger partial charge in [0.25, 0.3) is 5.56 Å². The summed E-state index contributed by atoms with van der Waals surface area (Å²) >= 11 is 0. The lowest BCUT2D eigenvalue weighted by atomic mass is 10.2. The van der Waals surface area contributed by atoms with Gasteiger partial charge in [-0.05, 0) is 39.3 Å². The van der Waals surface area contributed by atoms with Gasteiger partial charge in [0.05, 0.1) is 18.0 Å². The van der Waals surface area contributed by atoms with Gasteiger partial charge in [0.2, 0.25) is 0 Å². The van der Waals surface area contributed by atoms with Crippen molar-refractivity contribution in [3.63, 3.8) is 0 Å². The van der Waals surface area contributed by atoms with E-state index >= 15 is 0 Å². The lowest BCUT2D eigenvalue weighted by Crippen LogP contribution is -2.40. The summed E-state index contributed by atoms with van der Waals surface area (Å²) in [6, 6.07) is 9.18. The summed E-state index contributed by atoms with van der Waals surface area (Å²) in [5.74, 6) is 0. The van der Waals surface area contributed by atoms with Crippen LogP contribution in [0.1, 0.15) is 32.9 Å². The van der Waals surface area contributed by atoms with E-state index in [0.29, 0.717) is 18.0 Å². The Hall–Kier alpha value is -2.50. The topological polar surface area (TPSA) is 56.5 Å². The Kier molecular flexibility index (Phi) is 5.49. The molecule has 0 aliphatic rings. The van der Waals surface area contributed by atoms with Gasteiger partial charge in [-0.25, -0.2) is 9.48 Å². The molecule has 6 nitrogen and oxygen atoms in total. The molecule has 6 heteroatoms. The zero-order valence-corrected chi connectivity index (χ0v) is 14.9. The molecule has 1 aromatic carbocycles. The molecule has 2 rings (SSSR count). The predicted octanol–water partition coefficient (Wildman–Crippen LogP) is 3.25. The van der Waals surface area contributed by atoms with Gasteiger partial charge in [0, 0.05) is 13.1 Å². The van der Waals surface area contributed by atoms with Crippen molar-refractivity contribution in [2.45, 2.75) is 40.2 Å². The molecule has 0 fully saturated rings. The fourth-order valence-electron chi connectivity index (χ4n) is 2.65. The van der Waals surface area contributed by atoms with Crippen molar-refractivity contribution in [3.05, 3.63) is 46.4 Å². The molecule has 130 valence electrons. The van der Waals surface area contributed by atoms with Crippen molar-refractivity contribution in [1.29, 1.82) is 0 Å². The molecule has 0 aliphatic carbocycles. The zero-order valence-electron chi connectivity index (χ0n) is 14.9. The standard InChI is InChI=1S/C18H25N3O3/c1-6-12-24-18(23)20(13(2)3)16-14(4)19(5)21(17(16)22)15-10-8-7-9-11-15/h7-11,13H,6,12H2,1-5H3. The van der Waals surface area contributed by atoms with Crippen LogP contribution in [0.4, 0.5) is 10.5 Å². The molecule has 0 bridgehead atoms. The van der Waals surface area contributed by atoms with Gasteiger partial charge in [-0.3, -0.25) is 14.4 Å². The van der Waals surface area contributed by atoms with Crippen molar-refractivity contribution in [3.8, 4) is 5.69 Å². The molecule has 0 saturated carbocycles. The number of carbonyl (C=O) groups is 1. The van der Waals surface area contributed by atoms with Crippen molar-refractivity contribution in [2.24, 2.45) is 7.05 Å². The summed E-state index contributed by atoms with van der Waals surface area (Å²) in [7, 11) is 1.81. The lowest BCUT2D eigenvalue weighted by Gasteiger charge is -2.24. The number of aromatic nitrogens is 2. The van der Waals surface area contributed by atoms with Gasteiger partial charge in [-0.1, -0.05) is 25.1 Å². The Bertz CT molecular complexity index is 760. The van der Waals surface area contributed by atoms with Gasteiger partial charge in [0.15, 0.2) is 0 Å². The van der Waals surface area contributed by atoms with Crippen LogP contribution in [0.25, 0.3) is 5.69 Å². The van der Waals surface area contributed by atoms with Crippen LogP contribution in [-0.4, -0.2) is 28.1 Å². The third-order valence-electron chi connectivity index (χ3n) is 3.91. The first-order chi connectivity index (χ1) is 11.4. The summed E-state index contributed by atoms with van der Waals surface area (Å²) in [6.45, 7) is 7.83. The first kappa shape index (κ1) is 17.8. The first-order valence-electron chi connectivity index (χ1n) is 8.20. The zero-order chi connectivity index (χ0) is 17.9.